The summed E-state index contributed by atoms with van der Waals surface area (Å²) in [5, 5.41) is 9.47. The zero-order valence-electron chi connectivity index (χ0n) is 11.0. The molecule has 1 atom stereocenters. The monoisotopic (exact) mass is 259 g/mol. The number of fused-ring (bicyclic) bond motifs is 1. The van der Waals surface area contributed by atoms with E-state index in [1.165, 1.54) is 0 Å². The molecule has 19 heavy (non-hydrogen) atoms. The SMILES string of the molecule is CN1CCN(C(C#N)c2ccc3c(c2)OCO3)CC1. The van der Waals surface area contributed by atoms with Gasteiger partial charge in [-0.3, -0.25) is 4.90 Å². The van der Waals surface area contributed by atoms with Crippen LogP contribution in [0.15, 0.2) is 18.2 Å². The molecule has 0 aromatic heterocycles. The molecule has 2 aliphatic rings. The maximum Gasteiger partial charge on any atom is 0.231 e. The fourth-order valence-electron chi connectivity index (χ4n) is 2.53. The molecular formula is C14H17N3O2. The zero-order chi connectivity index (χ0) is 13.2. The molecule has 1 fully saturated rings. The van der Waals surface area contributed by atoms with Crippen molar-refractivity contribution in [1.82, 2.24) is 9.80 Å². The molecule has 0 saturated carbocycles. The first-order valence-electron chi connectivity index (χ1n) is 6.49. The standard InChI is InChI=1S/C14H17N3O2/c1-16-4-6-17(7-5-16)12(9-15)11-2-3-13-14(8-11)19-10-18-13/h2-3,8,12H,4-7,10H2,1H3. The number of hydrogen-bond donors (Lipinski definition) is 0. The van der Waals surface area contributed by atoms with Gasteiger partial charge < -0.3 is 14.4 Å². The van der Waals surface area contributed by atoms with Gasteiger partial charge in [-0.05, 0) is 24.7 Å². The molecule has 5 heteroatoms. The molecule has 1 saturated heterocycles. The molecule has 0 aliphatic carbocycles. The summed E-state index contributed by atoms with van der Waals surface area (Å²) in [6, 6.07) is 7.97. The number of rotatable bonds is 2. The number of likely N-dealkylation sites (N-methyl/N-ethyl adjacent to an activating group) is 1. The van der Waals surface area contributed by atoms with E-state index in [0.717, 1.165) is 43.2 Å². The fraction of sp³-hybridized carbons (Fsp3) is 0.500. The molecule has 1 aromatic carbocycles. The number of piperazine rings is 1. The molecule has 2 heterocycles. The van der Waals surface area contributed by atoms with Gasteiger partial charge in [0.2, 0.25) is 6.79 Å². The van der Waals surface area contributed by atoms with Gasteiger partial charge in [0.1, 0.15) is 6.04 Å². The highest BCUT2D eigenvalue weighted by Gasteiger charge is 2.25. The smallest absolute Gasteiger partial charge is 0.231 e. The lowest BCUT2D eigenvalue weighted by Gasteiger charge is -2.35. The minimum absolute atomic E-state index is 0.205. The third-order valence-corrected chi connectivity index (χ3v) is 3.74. The Morgan fingerprint density at radius 2 is 1.89 bits per heavy atom. The van der Waals surface area contributed by atoms with Crippen LogP contribution >= 0.6 is 0 Å². The largest absolute Gasteiger partial charge is 0.454 e. The number of nitriles is 1. The average Bonchev–Trinajstić information content (AvgIpc) is 2.89. The van der Waals surface area contributed by atoms with E-state index in [1.54, 1.807) is 0 Å². The van der Waals surface area contributed by atoms with Crippen LogP contribution in [-0.4, -0.2) is 49.8 Å². The molecule has 0 amide bonds. The van der Waals surface area contributed by atoms with Crippen LogP contribution in [0.4, 0.5) is 0 Å². The molecule has 0 N–H and O–H groups in total. The molecule has 0 spiro atoms. The third-order valence-electron chi connectivity index (χ3n) is 3.74. The Labute approximate surface area is 112 Å². The van der Waals surface area contributed by atoms with Gasteiger partial charge in [-0.15, -0.1) is 0 Å². The number of hydrogen-bond acceptors (Lipinski definition) is 5. The van der Waals surface area contributed by atoms with Gasteiger partial charge in [0.05, 0.1) is 6.07 Å². The Hall–Kier alpha value is -1.77. The van der Waals surface area contributed by atoms with Crippen molar-refractivity contribution in [1.29, 1.82) is 5.26 Å². The van der Waals surface area contributed by atoms with Crippen LogP contribution in [-0.2, 0) is 0 Å². The van der Waals surface area contributed by atoms with Crippen LogP contribution in [0.3, 0.4) is 0 Å². The second-order valence-electron chi connectivity index (χ2n) is 4.98. The summed E-state index contributed by atoms with van der Waals surface area (Å²) in [7, 11) is 2.11. The highest BCUT2D eigenvalue weighted by atomic mass is 16.7. The maximum atomic E-state index is 9.47. The van der Waals surface area contributed by atoms with E-state index in [0.29, 0.717) is 0 Å². The topological polar surface area (TPSA) is 48.7 Å². The summed E-state index contributed by atoms with van der Waals surface area (Å²) in [6.45, 7) is 4.11. The number of nitrogens with zero attached hydrogens (tertiary/aromatic N) is 3. The molecule has 5 nitrogen and oxygen atoms in total. The van der Waals surface area contributed by atoms with Gasteiger partial charge in [-0.25, -0.2) is 0 Å². The lowest BCUT2D eigenvalue weighted by atomic mass is 10.0. The lowest BCUT2D eigenvalue weighted by Crippen LogP contribution is -2.45. The van der Waals surface area contributed by atoms with Gasteiger partial charge in [-0.1, -0.05) is 6.07 Å². The van der Waals surface area contributed by atoms with Crippen molar-refractivity contribution in [2.45, 2.75) is 6.04 Å². The Morgan fingerprint density at radius 1 is 1.16 bits per heavy atom. The quantitative estimate of drug-likeness (QED) is 0.799. The fourth-order valence-corrected chi connectivity index (χ4v) is 2.53. The van der Waals surface area contributed by atoms with E-state index in [2.05, 4.69) is 22.9 Å². The van der Waals surface area contributed by atoms with Crippen molar-refractivity contribution in [3.05, 3.63) is 23.8 Å². The number of benzene rings is 1. The first kappa shape index (κ1) is 12.3. The first-order chi connectivity index (χ1) is 9.28. The molecule has 2 aliphatic heterocycles. The minimum Gasteiger partial charge on any atom is -0.454 e. The van der Waals surface area contributed by atoms with Gasteiger partial charge in [0.25, 0.3) is 0 Å². The Balaban J connectivity index is 1.81. The van der Waals surface area contributed by atoms with E-state index in [4.69, 9.17) is 9.47 Å². The van der Waals surface area contributed by atoms with Crippen molar-refractivity contribution in [2.24, 2.45) is 0 Å². The van der Waals surface area contributed by atoms with Gasteiger partial charge in [-0.2, -0.15) is 5.26 Å². The van der Waals surface area contributed by atoms with Crippen LogP contribution in [0.25, 0.3) is 0 Å². The second kappa shape index (κ2) is 5.08. The summed E-state index contributed by atoms with van der Waals surface area (Å²) < 4.78 is 10.7. The summed E-state index contributed by atoms with van der Waals surface area (Å²) in [4.78, 5) is 4.50. The van der Waals surface area contributed by atoms with Crippen molar-refractivity contribution in [3.63, 3.8) is 0 Å². The van der Waals surface area contributed by atoms with Crippen molar-refractivity contribution < 1.29 is 9.47 Å². The van der Waals surface area contributed by atoms with Crippen LogP contribution in [0.5, 0.6) is 11.5 Å². The Kier molecular flexibility index (Phi) is 3.28. The van der Waals surface area contributed by atoms with Gasteiger partial charge in [0.15, 0.2) is 11.5 Å². The van der Waals surface area contributed by atoms with Crippen LogP contribution < -0.4 is 9.47 Å². The van der Waals surface area contributed by atoms with Crippen molar-refractivity contribution >= 4 is 0 Å². The average molecular weight is 259 g/mol. The minimum atomic E-state index is -0.205. The first-order valence-corrected chi connectivity index (χ1v) is 6.49. The summed E-state index contributed by atoms with van der Waals surface area (Å²) in [6.07, 6.45) is 0. The molecule has 0 radical (unpaired) electrons. The summed E-state index contributed by atoms with van der Waals surface area (Å²) >= 11 is 0. The van der Waals surface area contributed by atoms with Crippen LogP contribution in [0.1, 0.15) is 11.6 Å². The zero-order valence-corrected chi connectivity index (χ0v) is 11.0. The predicted octanol–water partition coefficient (Wildman–Crippen LogP) is 1.23. The van der Waals surface area contributed by atoms with E-state index in [9.17, 15) is 5.26 Å². The molecular weight excluding hydrogens is 242 g/mol. The van der Waals surface area contributed by atoms with E-state index in [-0.39, 0.29) is 12.8 Å². The molecule has 3 rings (SSSR count). The molecule has 0 bridgehead atoms. The summed E-state index contributed by atoms with van der Waals surface area (Å²) in [5.74, 6) is 1.51. The highest BCUT2D eigenvalue weighted by Crippen LogP contribution is 2.35. The van der Waals surface area contributed by atoms with Crippen LogP contribution in [0, 0.1) is 11.3 Å². The van der Waals surface area contributed by atoms with E-state index in [1.807, 2.05) is 18.2 Å². The second-order valence-corrected chi connectivity index (χ2v) is 4.98. The van der Waals surface area contributed by atoms with E-state index >= 15 is 0 Å². The van der Waals surface area contributed by atoms with Crippen molar-refractivity contribution in [3.8, 4) is 17.6 Å². The van der Waals surface area contributed by atoms with Crippen LogP contribution in [0.2, 0.25) is 0 Å². The molecule has 1 unspecified atom stereocenters. The Morgan fingerprint density at radius 3 is 2.63 bits per heavy atom. The lowest BCUT2D eigenvalue weighted by molar-refractivity contribution is 0.132. The maximum absolute atomic E-state index is 9.47. The molecule has 100 valence electrons. The van der Waals surface area contributed by atoms with Crippen molar-refractivity contribution in [2.75, 3.05) is 40.0 Å². The van der Waals surface area contributed by atoms with E-state index < -0.39 is 0 Å². The highest BCUT2D eigenvalue weighted by molar-refractivity contribution is 5.46. The molecule has 1 aromatic rings. The van der Waals surface area contributed by atoms with Gasteiger partial charge in [0, 0.05) is 26.2 Å². The number of ether oxygens (including phenoxy) is 2. The van der Waals surface area contributed by atoms with Gasteiger partial charge >= 0.3 is 0 Å². The normalized spacial score (nSPS) is 21.1. The Bertz CT molecular complexity index is 504. The predicted molar refractivity (Wildman–Crippen MR) is 70.0 cm³/mol. The third kappa shape index (κ3) is 2.37. The summed E-state index contributed by atoms with van der Waals surface area (Å²) in [5.41, 5.74) is 0.983.